The summed E-state index contributed by atoms with van der Waals surface area (Å²) in [4.78, 5) is 6.60. The van der Waals surface area contributed by atoms with Crippen LogP contribution in [0.4, 0.5) is 5.69 Å². The molecule has 0 spiro atoms. The van der Waals surface area contributed by atoms with Crippen molar-refractivity contribution in [2.45, 2.75) is 25.6 Å². The monoisotopic (exact) mass is 486 g/mol. The van der Waals surface area contributed by atoms with E-state index in [1.165, 1.54) is 6.26 Å². The molecule has 1 aliphatic rings. The number of aromatic nitrogens is 2. The molecule has 6 nitrogen and oxygen atoms in total. The quantitative estimate of drug-likeness (QED) is 0.403. The predicted molar refractivity (Wildman–Crippen MR) is 140 cm³/mol. The second-order valence-corrected chi connectivity index (χ2v) is 11.2. The minimum absolute atomic E-state index is 0.201. The summed E-state index contributed by atoms with van der Waals surface area (Å²) in [6, 6.07) is 26.6. The number of hydrogen-bond donors (Lipinski definition) is 0. The van der Waals surface area contributed by atoms with E-state index in [2.05, 4.69) is 52.3 Å². The number of nitrogens with zero attached hydrogens (tertiary/aromatic N) is 4. The third kappa shape index (κ3) is 5.16. The predicted octanol–water partition coefficient (Wildman–Crippen LogP) is 4.48. The highest BCUT2D eigenvalue weighted by Gasteiger charge is 2.33. The van der Waals surface area contributed by atoms with Gasteiger partial charge < -0.3 is 9.47 Å². The van der Waals surface area contributed by atoms with E-state index in [1.807, 2.05) is 54.2 Å². The second kappa shape index (κ2) is 9.68. The third-order valence-electron chi connectivity index (χ3n) is 6.70. The van der Waals surface area contributed by atoms with E-state index in [0.717, 1.165) is 33.6 Å². The molecule has 0 saturated carbocycles. The lowest BCUT2D eigenvalue weighted by Gasteiger charge is -2.31. The van der Waals surface area contributed by atoms with Crippen LogP contribution in [0.5, 0.6) is 0 Å². The standard InChI is InChI=1S/C28H30N4O2S/c1-30-21-29-17-27(30)20-31-19-26(15-22-9-5-3-6-10-22)32(35(2,33)34)18-25-16-24(13-14-28(25)31)23-11-7-4-8-12-23/h3-14,16-17,21,26H,15,18-20H2,1-2H3. The van der Waals surface area contributed by atoms with Crippen molar-refractivity contribution in [1.29, 1.82) is 0 Å². The lowest BCUT2D eigenvalue weighted by molar-refractivity contribution is 0.320. The zero-order valence-electron chi connectivity index (χ0n) is 20.1. The average molecular weight is 487 g/mol. The molecule has 3 aromatic carbocycles. The number of sulfonamides is 1. The Morgan fingerprint density at radius 2 is 1.66 bits per heavy atom. The van der Waals surface area contributed by atoms with Gasteiger partial charge in [-0.2, -0.15) is 4.31 Å². The summed E-state index contributed by atoms with van der Waals surface area (Å²) < 4.78 is 29.8. The van der Waals surface area contributed by atoms with Gasteiger partial charge in [0.1, 0.15) is 0 Å². The highest BCUT2D eigenvalue weighted by molar-refractivity contribution is 7.88. The smallest absolute Gasteiger partial charge is 0.211 e. The molecule has 0 amide bonds. The first kappa shape index (κ1) is 23.3. The third-order valence-corrected chi connectivity index (χ3v) is 7.98. The molecule has 1 atom stereocenters. The van der Waals surface area contributed by atoms with Crippen LogP contribution in [0, 0.1) is 0 Å². The lowest BCUT2D eigenvalue weighted by atomic mass is 10.0. The van der Waals surface area contributed by atoms with Crippen LogP contribution in [0.1, 0.15) is 16.8 Å². The molecule has 0 radical (unpaired) electrons. The zero-order chi connectivity index (χ0) is 24.4. The summed E-state index contributed by atoms with van der Waals surface area (Å²) in [6.07, 6.45) is 5.65. The number of imidazole rings is 1. The van der Waals surface area contributed by atoms with Crippen LogP contribution in [0.15, 0.2) is 91.4 Å². The highest BCUT2D eigenvalue weighted by Crippen LogP contribution is 2.34. The van der Waals surface area contributed by atoms with Crippen molar-refractivity contribution in [2.75, 3.05) is 17.7 Å². The van der Waals surface area contributed by atoms with Gasteiger partial charge in [-0.3, -0.25) is 0 Å². The van der Waals surface area contributed by atoms with E-state index >= 15 is 0 Å². The van der Waals surface area contributed by atoms with Gasteiger partial charge in [-0.1, -0.05) is 66.7 Å². The van der Waals surface area contributed by atoms with Gasteiger partial charge in [0.25, 0.3) is 0 Å². The molecule has 1 aromatic heterocycles. The van der Waals surface area contributed by atoms with Crippen molar-refractivity contribution in [3.8, 4) is 11.1 Å². The van der Waals surface area contributed by atoms with E-state index < -0.39 is 10.0 Å². The minimum Gasteiger partial charge on any atom is -0.364 e. The number of hydrogen-bond acceptors (Lipinski definition) is 4. The fraction of sp³-hybridized carbons (Fsp3) is 0.250. The van der Waals surface area contributed by atoms with Crippen molar-refractivity contribution < 1.29 is 8.42 Å². The van der Waals surface area contributed by atoms with Crippen LogP contribution in [0.2, 0.25) is 0 Å². The Balaban J connectivity index is 1.60. The topological polar surface area (TPSA) is 58.4 Å². The van der Waals surface area contributed by atoms with Crippen LogP contribution >= 0.6 is 0 Å². The molecule has 0 saturated heterocycles. The maximum Gasteiger partial charge on any atom is 0.211 e. The Labute approximate surface area is 207 Å². The first-order valence-corrected chi connectivity index (χ1v) is 13.6. The van der Waals surface area contributed by atoms with Gasteiger partial charge in [-0.25, -0.2) is 13.4 Å². The number of anilines is 1. The maximum absolute atomic E-state index is 13.1. The maximum atomic E-state index is 13.1. The SMILES string of the molecule is Cn1cncc1CN1CC(Cc2ccccc2)N(S(C)(=O)=O)Cc2cc(-c3ccccc3)ccc21. The second-order valence-electron chi connectivity index (χ2n) is 9.24. The Morgan fingerprint density at radius 1 is 0.943 bits per heavy atom. The molecule has 0 N–H and O–H groups in total. The molecule has 4 aromatic rings. The van der Waals surface area contributed by atoms with Crippen LogP contribution in [0.25, 0.3) is 11.1 Å². The van der Waals surface area contributed by atoms with E-state index in [0.29, 0.717) is 26.1 Å². The molecule has 1 unspecified atom stereocenters. The molecule has 180 valence electrons. The van der Waals surface area contributed by atoms with E-state index in [1.54, 1.807) is 10.6 Å². The van der Waals surface area contributed by atoms with Gasteiger partial charge in [0.15, 0.2) is 0 Å². The summed E-state index contributed by atoms with van der Waals surface area (Å²) in [6.45, 7) is 1.58. The Morgan fingerprint density at radius 3 is 2.31 bits per heavy atom. The Kier molecular flexibility index (Phi) is 6.45. The van der Waals surface area contributed by atoms with Gasteiger partial charge in [0.2, 0.25) is 10.0 Å². The van der Waals surface area contributed by atoms with Crippen LogP contribution in [0.3, 0.4) is 0 Å². The van der Waals surface area contributed by atoms with Crippen molar-refractivity contribution in [1.82, 2.24) is 13.9 Å². The number of rotatable bonds is 6. The molecule has 0 fully saturated rings. The van der Waals surface area contributed by atoms with Gasteiger partial charge >= 0.3 is 0 Å². The molecule has 7 heteroatoms. The fourth-order valence-electron chi connectivity index (χ4n) is 4.89. The minimum atomic E-state index is -3.44. The average Bonchev–Trinajstić information content (AvgIpc) is 3.18. The van der Waals surface area contributed by atoms with Crippen molar-refractivity contribution >= 4 is 15.7 Å². The molecule has 2 heterocycles. The van der Waals surface area contributed by atoms with Gasteiger partial charge in [-0.15, -0.1) is 0 Å². The number of benzene rings is 3. The van der Waals surface area contributed by atoms with Gasteiger partial charge in [-0.05, 0) is 40.8 Å². The fourth-order valence-corrected chi connectivity index (χ4v) is 5.95. The van der Waals surface area contributed by atoms with E-state index in [9.17, 15) is 8.42 Å². The van der Waals surface area contributed by atoms with Gasteiger partial charge in [0.05, 0.1) is 24.8 Å². The van der Waals surface area contributed by atoms with Crippen LogP contribution in [-0.4, -0.2) is 41.1 Å². The first-order chi connectivity index (χ1) is 16.9. The summed E-state index contributed by atoms with van der Waals surface area (Å²) in [5.41, 5.74) is 6.48. The molecular weight excluding hydrogens is 456 g/mol. The largest absolute Gasteiger partial charge is 0.364 e. The zero-order valence-corrected chi connectivity index (χ0v) is 20.9. The van der Waals surface area contributed by atoms with Gasteiger partial charge in [0, 0.05) is 38.1 Å². The van der Waals surface area contributed by atoms with Crippen LogP contribution < -0.4 is 4.90 Å². The molecular formula is C28H30N4O2S. The Bertz CT molecular complexity index is 1400. The normalized spacial score (nSPS) is 16.6. The summed E-state index contributed by atoms with van der Waals surface area (Å²) in [7, 11) is -1.45. The van der Waals surface area contributed by atoms with Crippen LogP contribution in [-0.2, 0) is 36.6 Å². The first-order valence-electron chi connectivity index (χ1n) is 11.8. The summed E-state index contributed by atoms with van der Waals surface area (Å²) >= 11 is 0. The molecule has 0 aliphatic carbocycles. The Hall–Kier alpha value is -3.42. The number of aryl methyl sites for hydroxylation is 1. The van der Waals surface area contributed by atoms with E-state index in [-0.39, 0.29) is 6.04 Å². The van der Waals surface area contributed by atoms with E-state index in [4.69, 9.17) is 0 Å². The number of fused-ring (bicyclic) bond motifs is 1. The van der Waals surface area contributed by atoms with Crippen molar-refractivity contribution in [3.63, 3.8) is 0 Å². The van der Waals surface area contributed by atoms with Crippen molar-refractivity contribution in [3.05, 3.63) is 108 Å². The molecule has 35 heavy (non-hydrogen) atoms. The molecule has 5 rings (SSSR count). The van der Waals surface area contributed by atoms with Crippen molar-refractivity contribution in [2.24, 2.45) is 7.05 Å². The molecule has 0 bridgehead atoms. The lowest BCUT2D eigenvalue weighted by Crippen LogP contribution is -2.45. The summed E-state index contributed by atoms with van der Waals surface area (Å²) in [5.74, 6) is 0. The molecule has 1 aliphatic heterocycles. The highest BCUT2D eigenvalue weighted by atomic mass is 32.2. The summed E-state index contributed by atoms with van der Waals surface area (Å²) in [5, 5.41) is 0.